The van der Waals surface area contributed by atoms with Crippen LogP contribution in [0.15, 0.2) is 78.9 Å². The molecule has 0 bridgehead atoms. The van der Waals surface area contributed by atoms with Gasteiger partial charge in [-0.2, -0.15) is 0 Å². The van der Waals surface area contributed by atoms with Gasteiger partial charge < -0.3 is 28.1 Å². The van der Waals surface area contributed by atoms with Crippen molar-refractivity contribution in [3.63, 3.8) is 0 Å². The maximum Gasteiger partial charge on any atom is 0.337 e. The molecule has 7 aromatic rings. The lowest BCUT2D eigenvalue weighted by molar-refractivity contribution is -0.117. The van der Waals surface area contributed by atoms with Crippen LogP contribution in [0.4, 0.5) is 5.69 Å². The number of amides is 1. The Bertz CT molecular complexity index is 3010. The third-order valence-electron chi connectivity index (χ3n) is 15.0. The molecule has 3 aliphatic heterocycles. The summed E-state index contributed by atoms with van der Waals surface area (Å²) in [6, 6.07) is 27.2. The third-order valence-corrected chi connectivity index (χ3v) is 15.3. The van der Waals surface area contributed by atoms with Crippen molar-refractivity contribution in [1.29, 1.82) is 0 Å². The Balaban J connectivity index is 0.000000143. The van der Waals surface area contributed by atoms with E-state index in [1.807, 2.05) is 29.2 Å². The van der Waals surface area contributed by atoms with E-state index >= 15 is 0 Å². The number of fused-ring (bicyclic) bond motifs is 8. The highest BCUT2D eigenvalue weighted by Crippen LogP contribution is 2.50. The van der Waals surface area contributed by atoms with Gasteiger partial charge in [0, 0.05) is 64.5 Å². The molecule has 2 fully saturated rings. The van der Waals surface area contributed by atoms with Crippen LogP contribution >= 0.6 is 11.6 Å². The van der Waals surface area contributed by atoms with Crippen LogP contribution in [0.5, 0.6) is 0 Å². The fourth-order valence-electron chi connectivity index (χ4n) is 12.2. The molecule has 5 aliphatic rings. The molecular formula is C54H55ClN4O5. The molecule has 4 aromatic carbocycles. The van der Waals surface area contributed by atoms with Crippen molar-refractivity contribution in [2.24, 2.45) is 0 Å². The zero-order valence-electron chi connectivity index (χ0n) is 36.9. The Kier molecular flexibility index (Phi) is 10.6. The van der Waals surface area contributed by atoms with Gasteiger partial charge >= 0.3 is 11.9 Å². The van der Waals surface area contributed by atoms with Gasteiger partial charge in [0.05, 0.1) is 54.4 Å². The molecule has 0 N–H and O–H groups in total. The van der Waals surface area contributed by atoms with Crippen molar-refractivity contribution in [1.82, 2.24) is 13.7 Å². The summed E-state index contributed by atoms with van der Waals surface area (Å²) in [7, 11) is 2.88. The van der Waals surface area contributed by atoms with E-state index in [1.54, 1.807) is 0 Å². The average Bonchev–Trinajstić information content (AvgIpc) is 4.03. The zero-order valence-corrected chi connectivity index (χ0v) is 37.6. The molecule has 3 aromatic heterocycles. The number of nitrogens with zero attached hydrogens (tertiary/aromatic N) is 4. The topological polar surface area (TPSA) is 87.7 Å². The molecule has 328 valence electrons. The number of aromatic nitrogens is 3. The van der Waals surface area contributed by atoms with Crippen LogP contribution in [0, 0.1) is 0 Å². The second-order valence-electron chi connectivity index (χ2n) is 18.5. The summed E-state index contributed by atoms with van der Waals surface area (Å²) in [6.45, 7) is 3.34. The van der Waals surface area contributed by atoms with Crippen molar-refractivity contribution < 1.29 is 23.9 Å². The molecule has 2 aliphatic carbocycles. The molecule has 6 heterocycles. The van der Waals surface area contributed by atoms with E-state index in [0.717, 1.165) is 66.5 Å². The predicted octanol–water partition coefficient (Wildman–Crippen LogP) is 12.6. The maximum atomic E-state index is 12.8. The zero-order chi connectivity index (χ0) is 43.6. The minimum Gasteiger partial charge on any atom is -0.465 e. The standard InChI is InChI=1S/C27H27ClN2O2.C27H28N2O3/c1-32-27(31)19-11-12-20-22(15-19)29-13-6-14-30-23(28)16-18-9-5-10-21(25(18)30)26(29)24(20)17-7-3-2-4-8-17;1-32-27(31)19-11-12-20-22(15-19)28-13-6-14-29-23(30)16-18-9-5-10-21(25(18)29)26(28)24(20)17-7-3-2-4-8-17/h5,9-12,15-17H,2-4,6-8,13-14H2,1H3;5,9-12,15,17H,2-4,6-8,13-14,16H2,1H3. The number of methoxy groups -OCH3 is 2. The SMILES string of the molecule is COC(=O)c1ccc2c(C3CCCCC3)c3n(c2c1)CCCN1C(=O)Cc2cccc-3c21.COC(=O)c1ccc2c(C3CCCCC3)c3n(c2c1)CCCn1c(Cl)cc2cccc-3c21. The Morgan fingerprint density at radius 1 is 0.594 bits per heavy atom. The van der Waals surface area contributed by atoms with E-state index in [1.165, 1.54) is 134 Å². The molecule has 2 saturated carbocycles. The van der Waals surface area contributed by atoms with Crippen molar-refractivity contribution >= 4 is 67.8 Å². The quantitative estimate of drug-likeness (QED) is 0.164. The second-order valence-corrected chi connectivity index (χ2v) is 18.9. The summed E-state index contributed by atoms with van der Waals surface area (Å²) in [6.07, 6.45) is 14.9. The van der Waals surface area contributed by atoms with E-state index in [4.69, 9.17) is 21.1 Å². The van der Waals surface area contributed by atoms with E-state index < -0.39 is 0 Å². The van der Waals surface area contributed by atoms with Crippen LogP contribution in [0.3, 0.4) is 0 Å². The molecule has 10 heteroatoms. The molecule has 9 nitrogen and oxygen atoms in total. The van der Waals surface area contributed by atoms with Crippen LogP contribution in [0.25, 0.3) is 55.2 Å². The highest BCUT2D eigenvalue weighted by Gasteiger charge is 2.36. The monoisotopic (exact) mass is 874 g/mol. The fourth-order valence-corrected chi connectivity index (χ4v) is 12.5. The number of carbonyl (C=O) groups is 3. The summed E-state index contributed by atoms with van der Waals surface area (Å²) < 4.78 is 17.2. The smallest absolute Gasteiger partial charge is 0.337 e. The predicted molar refractivity (Wildman–Crippen MR) is 255 cm³/mol. The maximum absolute atomic E-state index is 12.8. The van der Waals surface area contributed by atoms with Gasteiger partial charge in [-0.3, -0.25) is 4.79 Å². The van der Waals surface area contributed by atoms with Crippen molar-refractivity contribution in [3.8, 4) is 22.5 Å². The normalized spacial score (nSPS) is 17.5. The number of carbonyl (C=O) groups excluding carboxylic acids is 3. The van der Waals surface area contributed by atoms with Crippen LogP contribution in [0.1, 0.15) is 126 Å². The number of ether oxygens (including phenoxy) is 2. The molecule has 0 unspecified atom stereocenters. The van der Waals surface area contributed by atoms with Crippen LogP contribution in [-0.2, 0) is 40.3 Å². The van der Waals surface area contributed by atoms with E-state index in [9.17, 15) is 14.4 Å². The van der Waals surface area contributed by atoms with Gasteiger partial charge in [-0.1, -0.05) is 98.7 Å². The van der Waals surface area contributed by atoms with Gasteiger partial charge in [-0.25, -0.2) is 9.59 Å². The Labute approximate surface area is 378 Å². The first kappa shape index (κ1) is 40.9. The molecular weight excluding hydrogens is 820 g/mol. The highest BCUT2D eigenvalue weighted by molar-refractivity contribution is 6.31. The molecule has 0 saturated heterocycles. The van der Waals surface area contributed by atoms with E-state index in [-0.39, 0.29) is 17.8 Å². The molecule has 12 rings (SSSR count). The lowest BCUT2D eigenvalue weighted by Crippen LogP contribution is -2.30. The molecule has 0 radical (unpaired) electrons. The summed E-state index contributed by atoms with van der Waals surface area (Å²) in [4.78, 5) is 39.5. The number of para-hydroxylation sites is 2. The first-order valence-corrected chi connectivity index (χ1v) is 23.9. The van der Waals surface area contributed by atoms with Crippen LogP contribution in [0.2, 0.25) is 5.15 Å². The first-order chi connectivity index (χ1) is 31.3. The summed E-state index contributed by atoms with van der Waals surface area (Å²) in [5, 5.41) is 4.53. The number of rotatable bonds is 4. The van der Waals surface area contributed by atoms with Gasteiger partial charge in [0.1, 0.15) is 5.15 Å². The van der Waals surface area contributed by atoms with Gasteiger partial charge in [-0.05, 0) is 97.4 Å². The van der Waals surface area contributed by atoms with Gasteiger partial charge in [0.15, 0.2) is 0 Å². The van der Waals surface area contributed by atoms with Gasteiger partial charge in [0.25, 0.3) is 0 Å². The van der Waals surface area contributed by atoms with E-state index in [0.29, 0.717) is 29.4 Å². The summed E-state index contributed by atoms with van der Waals surface area (Å²) in [5.41, 5.74) is 14.8. The number of esters is 2. The average molecular weight is 876 g/mol. The number of halogens is 1. The van der Waals surface area contributed by atoms with Gasteiger partial charge in [-0.15, -0.1) is 0 Å². The van der Waals surface area contributed by atoms with Crippen molar-refractivity contribution in [2.75, 3.05) is 25.7 Å². The molecule has 0 spiro atoms. The Morgan fingerprint density at radius 3 is 1.72 bits per heavy atom. The Hall–Kier alpha value is -5.80. The van der Waals surface area contributed by atoms with Crippen molar-refractivity contribution in [2.45, 2.75) is 115 Å². The summed E-state index contributed by atoms with van der Waals surface area (Å²) >= 11 is 6.67. The largest absolute Gasteiger partial charge is 0.465 e. The van der Waals surface area contributed by atoms with Crippen LogP contribution < -0.4 is 4.90 Å². The Morgan fingerprint density at radius 2 is 1.12 bits per heavy atom. The fraction of sp³-hybridized carbons (Fsp3) is 0.389. The number of hydrogen-bond acceptors (Lipinski definition) is 5. The minimum absolute atomic E-state index is 0.212. The third kappa shape index (κ3) is 6.67. The number of anilines is 1. The lowest BCUT2D eigenvalue weighted by Gasteiger charge is -2.28. The molecule has 64 heavy (non-hydrogen) atoms. The van der Waals surface area contributed by atoms with Gasteiger partial charge in [0.2, 0.25) is 5.91 Å². The highest BCUT2D eigenvalue weighted by atomic mass is 35.5. The molecule has 1 amide bonds. The first-order valence-electron chi connectivity index (χ1n) is 23.5. The minimum atomic E-state index is -0.301. The number of aryl methyl sites for hydroxylation is 3. The number of hydrogen-bond donors (Lipinski definition) is 0. The second kappa shape index (κ2) is 16.6. The summed E-state index contributed by atoms with van der Waals surface area (Å²) in [5.74, 6) is 0.678. The lowest BCUT2D eigenvalue weighted by atomic mass is 9.81. The number of benzene rings is 4. The van der Waals surface area contributed by atoms with E-state index in [2.05, 4.69) is 68.3 Å². The van der Waals surface area contributed by atoms with Crippen molar-refractivity contribution in [3.05, 3.63) is 112 Å². The van der Waals surface area contributed by atoms with Crippen LogP contribution in [-0.4, -0.2) is 52.3 Å². The molecule has 0 atom stereocenters.